The molecule has 1 N–H and O–H groups in total. The molecule has 0 fully saturated rings. The summed E-state index contributed by atoms with van der Waals surface area (Å²) in [5, 5.41) is 14.8. The molecule has 0 radical (unpaired) electrons. The molecule has 0 unspecified atom stereocenters. The van der Waals surface area contributed by atoms with Crippen LogP contribution < -0.4 is 5.56 Å². The van der Waals surface area contributed by atoms with Crippen LogP contribution in [0.4, 0.5) is 0 Å². The minimum Gasteiger partial charge on any atom is -0.480 e. The fourth-order valence-corrected chi connectivity index (χ4v) is 3.46. The molecular formula is C20H17N3O4. The van der Waals surface area contributed by atoms with Gasteiger partial charge in [-0.25, -0.2) is 9.48 Å². The summed E-state index contributed by atoms with van der Waals surface area (Å²) < 4.78 is 1.09. The molecule has 2 heterocycles. The van der Waals surface area contributed by atoms with E-state index in [-0.39, 0.29) is 25.1 Å². The highest BCUT2D eigenvalue weighted by molar-refractivity contribution is 5.85. The van der Waals surface area contributed by atoms with E-state index in [9.17, 15) is 19.5 Å². The highest BCUT2D eigenvalue weighted by atomic mass is 16.4. The van der Waals surface area contributed by atoms with Crippen molar-refractivity contribution in [1.29, 1.82) is 0 Å². The first kappa shape index (κ1) is 17.0. The lowest BCUT2D eigenvalue weighted by molar-refractivity contribution is -0.151. The van der Waals surface area contributed by atoms with Gasteiger partial charge in [0.1, 0.15) is 12.6 Å². The molecule has 7 heteroatoms. The van der Waals surface area contributed by atoms with Crippen LogP contribution in [0.3, 0.4) is 0 Å². The van der Waals surface area contributed by atoms with E-state index in [0.29, 0.717) is 10.8 Å². The van der Waals surface area contributed by atoms with E-state index in [1.807, 2.05) is 30.3 Å². The van der Waals surface area contributed by atoms with E-state index in [1.165, 1.54) is 11.1 Å². The lowest BCUT2D eigenvalue weighted by atomic mass is 9.94. The zero-order valence-corrected chi connectivity index (χ0v) is 14.4. The third kappa shape index (κ3) is 3.08. The number of nitrogens with zero attached hydrogens (tertiary/aromatic N) is 3. The highest BCUT2D eigenvalue weighted by Crippen LogP contribution is 2.23. The van der Waals surface area contributed by atoms with Crippen molar-refractivity contribution in [3.63, 3.8) is 0 Å². The highest BCUT2D eigenvalue weighted by Gasteiger charge is 2.34. The molecule has 0 spiro atoms. The number of fused-ring (bicyclic) bond motifs is 2. The van der Waals surface area contributed by atoms with Crippen LogP contribution in [0, 0.1) is 0 Å². The van der Waals surface area contributed by atoms with Gasteiger partial charge in [0, 0.05) is 18.4 Å². The van der Waals surface area contributed by atoms with Crippen molar-refractivity contribution in [1.82, 2.24) is 14.7 Å². The van der Waals surface area contributed by atoms with Crippen molar-refractivity contribution in [2.45, 2.75) is 25.6 Å². The van der Waals surface area contributed by atoms with E-state index in [1.54, 1.807) is 18.2 Å². The Balaban J connectivity index is 1.65. The molecule has 1 aliphatic rings. The van der Waals surface area contributed by atoms with Gasteiger partial charge in [-0.3, -0.25) is 9.59 Å². The number of carboxylic acids is 1. The van der Waals surface area contributed by atoms with E-state index >= 15 is 0 Å². The largest absolute Gasteiger partial charge is 0.480 e. The Morgan fingerprint density at radius 2 is 1.78 bits per heavy atom. The summed E-state index contributed by atoms with van der Waals surface area (Å²) in [6.07, 6.45) is 1.78. The smallest absolute Gasteiger partial charge is 0.326 e. The molecule has 136 valence electrons. The summed E-state index contributed by atoms with van der Waals surface area (Å²) in [4.78, 5) is 38.4. The van der Waals surface area contributed by atoms with Crippen molar-refractivity contribution in [2.24, 2.45) is 0 Å². The maximum absolute atomic E-state index is 12.8. The van der Waals surface area contributed by atoms with Gasteiger partial charge in [0.05, 0.1) is 11.6 Å². The maximum Gasteiger partial charge on any atom is 0.326 e. The summed E-state index contributed by atoms with van der Waals surface area (Å²) in [5.41, 5.74) is 1.47. The van der Waals surface area contributed by atoms with Crippen molar-refractivity contribution in [3.8, 4) is 0 Å². The van der Waals surface area contributed by atoms with Gasteiger partial charge in [-0.15, -0.1) is 0 Å². The Hall–Kier alpha value is -3.48. The van der Waals surface area contributed by atoms with Crippen LogP contribution in [0.5, 0.6) is 0 Å². The Labute approximate surface area is 154 Å². The van der Waals surface area contributed by atoms with Crippen LogP contribution >= 0.6 is 0 Å². The number of hydrogen-bond acceptors (Lipinski definition) is 4. The minimum absolute atomic E-state index is 0.203. The molecule has 27 heavy (non-hydrogen) atoms. The van der Waals surface area contributed by atoms with Gasteiger partial charge in [-0.05, 0) is 17.2 Å². The van der Waals surface area contributed by atoms with Crippen LogP contribution in [0.15, 0.2) is 59.5 Å². The zero-order chi connectivity index (χ0) is 19.0. The number of aromatic nitrogens is 2. The zero-order valence-electron chi connectivity index (χ0n) is 14.4. The molecule has 3 aromatic rings. The molecule has 2 aromatic carbocycles. The molecule has 1 aromatic heterocycles. The second-order valence-corrected chi connectivity index (χ2v) is 6.54. The van der Waals surface area contributed by atoms with Crippen LogP contribution in [-0.2, 0) is 29.1 Å². The summed E-state index contributed by atoms with van der Waals surface area (Å²) in [5.74, 6) is -1.50. The number of aliphatic carboxylic acids is 1. The quantitative estimate of drug-likeness (QED) is 0.760. The molecule has 0 saturated heterocycles. The normalized spacial score (nSPS) is 16.1. The molecule has 0 aliphatic carbocycles. The molecule has 0 saturated carbocycles. The average Bonchev–Trinajstić information content (AvgIpc) is 2.69. The third-order valence-corrected chi connectivity index (χ3v) is 4.90. The molecule has 1 atom stereocenters. The van der Waals surface area contributed by atoms with E-state index < -0.39 is 17.9 Å². The molecule has 1 aliphatic heterocycles. The Bertz CT molecular complexity index is 1110. The Morgan fingerprint density at radius 1 is 1.07 bits per heavy atom. The average molecular weight is 363 g/mol. The predicted molar refractivity (Wildman–Crippen MR) is 98.1 cm³/mol. The van der Waals surface area contributed by atoms with Crippen molar-refractivity contribution >= 4 is 22.6 Å². The molecule has 1 amide bonds. The lowest BCUT2D eigenvalue weighted by Crippen LogP contribution is -2.50. The molecule has 0 bridgehead atoms. The number of carboxylic acid groups (broad SMARTS) is 1. The van der Waals surface area contributed by atoms with Crippen molar-refractivity contribution in [3.05, 3.63) is 76.2 Å². The molecular weight excluding hydrogens is 346 g/mol. The Kier molecular flexibility index (Phi) is 4.19. The SMILES string of the molecule is O=C(O)[C@H]1Cc2ccccc2CN1C(=O)Cn1ncc2ccccc2c1=O. The van der Waals surface area contributed by atoms with Gasteiger partial charge < -0.3 is 10.0 Å². The van der Waals surface area contributed by atoms with Gasteiger partial charge in [-0.1, -0.05) is 42.5 Å². The fraction of sp³-hybridized carbons (Fsp3) is 0.200. The van der Waals surface area contributed by atoms with Crippen molar-refractivity contribution in [2.75, 3.05) is 0 Å². The summed E-state index contributed by atoms with van der Waals surface area (Å²) >= 11 is 0. The number of benzene rings is 2. The third-order valence-electron chi connectivity index (χ3n) is 4.90. The van der Waals surface area contributed by atoms with Gasteiger partial charge in [0.25, 0.3) is 5.56 Å². The first-order valence-corrected chi connectivity index (χ1v) is 8.58. The number of carbonyl (C=O) groups is 2. The fourth-order valence-electron chi connectivity index (χ4n) is 3.46. The second kappa shape index (κ2) is 6.68. The van der Waals surface area contributed by atoms with Gasteiger partial charge in [0.2, 0.25) is 5.91 Å². The van der Waals surface area contributed by atoms with Crippen LogP contribution in [0.1, 0.15) is 11.1 Å². The van der Waals surface area contributed by atoms with Gasteiger partial charge in [0.15, 0.2) is 0 Å². The van der Waals surface area contributed by atoms with Gasteiger partial charge in [-0.2, -0.15) is 5.10 Å². The summed E-state index contributed by atoms with van der Waals surface area (Å²) in [6.45, 7) is -0.0933. The lowest BCUT2D eigenvalue weighted by Gasteiger charge is -2.34. The molecule has 4 rings (SSSR count). The standard InChI is InChI=1S/C20H17N3O4/c24-18(12-23-19(25)16-8-4-3-6-14(16)10-21-23)22-11-15-7-2-1-5-13(15)9-17(22)20(26)27/h1-8,10,17H,9,11-12H2,(H,26,27)/t17-/m1/s1. The first-order valence-electron chi connectivity index (χ1n) is 8.58. The van der Waals surface area contributed by atoms with Crippen molar-refractivity contribution < 1.29 is 14.7 Å². The van der Waals surface area contributed by atoms with E-state index in [4.69, 9.17) is 0 Å². The summed E-state index contributed by atoms with van der Waals surface area (Å²) in [6, 6.07) is 13.5. The van der Waals surface area contributed by atoms with Crippen LogP contribution in [0.2, 0.25) is 0 Å². The Morgan fingerprint density at radius 3 is 2.56 bits per heavy atom. The topological polar surface area (TPSA) is 92.5 Å². The van der Waals surface area contributed by atoms with E-state index in [2.05, 4.69) is 5.10 Å². The minimum atomic E-state index is -1.06. The monoisotopic (exact) mass is 363 g/mol. The van der Waals surface area contributed by atoms with Crippen LogP contribution in [-0.4, -0.2) is 37.7 Å². The maximum atomic E-state index is 12.8. The number of rotatable bonds is 3. The summed E-state index contributed by atoms with van der Waals surface area (Å²) in [7, 11) is 0. The van der Waals surface area contributed by atoms with Gasteiger partial charge >= 0.3 is 5.97 Å². The van der Waals surface area contributed by atoms with Crippen LogP contribution in [0.25, 0.3) is 10.8 Å². The van der Waals surface area contributed by atoms with E-state index in [0.717, 1.165) is 15.8 Å². The second-order valence-electron chi connectivity index (χ2n) is 6.54. The predicted octanol–water partition coefficient (Wildman–Crippen LogP) is 1.43. The number of hydrogen-bond donors (Lipinski definition) is 1. The molecule has 7 nitrogen and oxygen atoms in total. The number of amides is 1. The number of carbonyl (C=O) groups excluding carboxylic acids is 1. The first-order chi connectivity index (χ1) is 13.0.